The molecule has 0 fully saturated rings. The molecule has 0 aliphatic carbocycles. The van der Waals surface area contributed by atoms with Crippen molar-refractivity contribution in [2.45, 2.75) is 0 Å². The van der Waals surface area contributed by atoms with Gasteiger partial charge in [-0.2, -0.15) is 0 Å². The van der Waals surface area contributed by atoms with Gasteiger partial charge in [-0.3, -0.25) is 4.98 Å². The molecular weight excluding hydrogens is 281 g/mol. The van der Waals surface area contributed by atoms with Crippen LogP contribution in [0.2, 0.25) is 5.02 Å². The van der Waals surface area contributed by atoms with Crippen molar-refractivity contribution in [1.29, 1.82) is 0 Å². The minimum atomic E-state index is -0.530. The van der Waals surface area contributed by atoms with Crippen molar-refractivity contribution in [3.05, 3.63) is 53.4 Å². The van der Waals surface area contributed by atoms with Crippen molar-refractivity contribution in [3.63, 3.8) is 0 Å². The molecule has 20 heavy (non-hydrogen) atoms. The SMILES string of the molecule is Nc1onc(-c2ccc(Cl)c(F)c2)c1-c1ccccn1. The number of nitrogens with zero attached hydrogens (tertiary/aromatic N) is 2. The highest BCUT2D eigenvalue weighted by Gasteiger charge is 2.19. The van der Waals surface area contributed by atoms with Gasteiger partial charge in [0.25, 0.3) is 0 Å². The number of hydrogen-bond acceptors (Lipinski definition) is 4. The summed E-state index contributed by atoms with van der Waals surface area (Å²) in [5.74, 6) is -0.397. The van der Waals surface area contributed by atoms with Crippen molar-refractivity contribution < 1.29 is 8.91 Å². The first kappa shape index (κ1) is 12.6. The van der Waals surface area contributed by atoms with Crippen LogP contribution in [-0.4, -0.2) is 10.1 Å². The van der Waals surface area contributed by atoms with Crippen molar-refractivity contribution in [1.82, 2.24) is 10.1 Å². The summed E-state index contributed by atoms with van der Waals surface area (Å²) in [4.78, 5) is 4.21. The molecule has 0 spiro atoms. The van der Waals surface area contributed by atoms with Gasteiger partial charge in [0, 0.05) is 11.8 Å². The van der Waals surface area contributed by atoms with Gasteiger partial charge in [-0.1, -0.05) is 28.9 Å². The Hall–Kier alpha value is -2.40. The number of anilines is 1. The predicted molar refractivity (Wildman–Crippen MR) is 74.6 cm³/mol. The molecule has 0 saturated carbocycles. The zero-order valence-corrected chi connectivity index (χ0v) is 10.9. The Balaban J connectivity index is 2.18. The summed E-state index contributed by atoms with van der Waals surface area (Å²) in [5, 5.41) is 3.93. The normalized spacial score (nSPS) is 10.7. The number of benzene rings is 1. The molecule has 2 N–H and O–H groups in total. The monoisotopic (exact) mass is 289 g/mol. The van der Waals surface area contributed by atoms with E-state index in [0.717, 1.165) is 0 Å². The van der Waals surface area contributed by atoms with Crippen LogP contribution in [0.15, 0.2) is 47.1 Å². The van der Waals surface area contributed by atoms with Crippen molar-refractivity contribution in [2.75, 3.05) is 5.73 Å². The van der Waals surface area contributed by atoms with E-state index in [2.05, 4.69) is 10.1 Å². The van der Waals surface area contributed by atoms with Crippen LogP contribution in [0.5, 0.6) is 0 Å². The zero-order valence-electron chi connectivity index (χ0n) is 10.2. The number of halogens is 2. The average Bonchev–Trinajstić information content (AvgIpc) is 2.85. The Morgan fingerprint density at radius 3 is 2.75 bits per heavy atom. The lowest BCUT2D eigenvalue weighted by Crippen LogP contribution is -1.90. The van der Waals surface area contributed by atoms with Gasteiger partial charge in [0.2, 0.25) is 5.88 Å². The molecule has 0 atom stereocenters. The van der Waals surface area contributed by atoms with Gasteiger partial charge in [0.1, 0.15) is 11.5 Å². The Morgan fingerprint density at radius 2 is 2.05 bits per heavy atom. The van der Waals surface area contributed by atoms with Crippen LogP contribution >= 0.6 is 11.6 Å². The highest BCUT2D eigenvalue weighted by atomic mass is 35.5. The third-order valence-corrected chi connectivity index (χ3v) is 3.14. The summed E-state index contributed by atoms with van der Waals surface area (Å²) in [7, 11) is 0. The Labute approximate surface area is 119 Å². The predicted octanol–water partition coefficient (Wildman–Crippen LogP) is 3.78. The van der Waals surface area contributed by atoms with Gasteiger partial charge >= 0.3 is 0 Å². The summed E-state index contributed by atoms with van der Waals surface area (Å²) in [6, 6.07) is 9.77. The fourth-order valence-electron chi connectivity index (χ4n) is 1.90. The molecule has 6 heteroatoms. The second-order valence-corrected chi connectivity index (χ2v) is 4.52. The fraction of sp³-hybridized carbons (Fsp3) is 0. The first-order valence-corrected chi connectivity index (χ1v) is 6.16. The molecule has 3 aromatic rings. The maximum absolute atomic E-state index is 13.6. The molecule has 100 valence electrons. The van der Waals surface area contributed by atoms with Gasteiger partial charge in [0.05, 0.1) is 16.3 Å². The Kier molecular flexibility index (Phi) is 3.12. The molecule has 2 aromatic heterocycles. The van der Waals surface area contributed by atoms with Crippen LogP contribution in [0.1, 0.15) is 0 Å². The van der Waals surface area contributed by atoms with E-state index in [0.29, 0.717) is 22.5 Å². The van der Waals surface area contributed by atoms with Crippen LogP contribution in [-0.2, 0) is 0 Å². The number of nitrogens with two attached hydrogens (primary N) is 1. The van der Waals surface area contributed by atoms with E-state index >= 15 is 0 Å². The summed E-state index contributed by atoms with van der Waals surface area (Å²) >= 11 is 5.67. The third-order valence-electron chi connectivity index (χ3n) is 2.83. The summed E-state index contributed by atoms with van der Waals surface area (Å²) in [6.45, 7) is 0. The zero-order chi connectivity index (χ0) is 14.1. The standard InChI is InChI=1S/C14H9ClFN3O/c15-9-5-4-8(7-10(9)16)13-12(14(17)20-19-13)11-3-1-2-6-18-11/h1-7H,17H2. The first-order valence-electron chi connectivity index (χ1n) is 5.79. The smallest absolute Gasteiger partial charge is 0.232 e. The van der Waals surface area contributed by atoms with Crippen molar-refractivity contribution >= 4 is 17.5 Å². The van der Waals surface area contributed by atoms with Crippen LogP contribution in [0.25, 0.3) is 22.5 Å². The average molecular weight is 290 g/mol. The van der Waals surface area contributed by atoms with Crippen LogP contribution in [0, 0.1) is 5.82 Å². The lowest BCUT2D eigenvalue weighted by atomic mass is 10.0. The minimum Gasteiger partial charge on any atom is -0.367 e. The molecule has 3 rings (SSSR count). The topological polar surface area (TPSA) is 64.9 Å². The van der Waals surface area contributed by atoms with E-state index in [1.165, 1.54) is 12.1 Å². The van der Waals surface area contributed by atoms with Crippen molar-refractivity contribution in [3.8, 4) is 22.5 Å². The van der Waals surface area contributed by atoms with Gasteiger partial charge in [-0.25, -0.2) is 4.39 Å². The van der Waals surface area contributed by atoms with Gasteiger partial charge in [-0.05, 0) is 24.3 Å². The molecule has 0 radical (unpaired) electrons. The Bertz CT molecular complexity index is 758. The van der Waals surface area contributed by atoms with E-state index in [9.17, 15) is 4.39 Å². The van der Waals surface area contributed by atoms with E-state index in [-0.39, 0.29) is 10.9 Å². The lowest BCUT2D eigenvalue weighted by Gasteiger charge is -2.02. The van der Waals surface area contributed by atoms with E-state index in [1.807, 2.05) is 6.07 Å². The number of aromatic nitrogens is 2. The van der Waals surface area contributed by atoms with Gasteiger partial charge in [-0.15, -0.1) is 0 Å². The summed E-state index contributed by atoms with van der Waals surface area (Å²) in [6.07, 6.45) is 1.63. The summed E-state index contributed by atoms with van der Waals surface area (Å²) < 4.78 is 18.6. The molecule has 0 saturated heterocycles. The molecule has 0 bridgehead atoms. The molecule has 2 heterocycles. The molecule has 0 aliphatic heterocycles. The second-order valence-electron chi connectivity index (χ2n) is 4.11. The van der Waals surface area contributed by atoms with Crippen LogP contribution in [0.4, 0.5) is 10.3 Å². The van der Waals surface area contributed by atoms with Crippen LogP contribution < -0.4 is 5.73 Å². The van der Waals surface area contributed by atoms with Crippen LogP contribution in [0.3, 0.4) is 0 Å². The highest BCUT2D eigenvalue weighted by molar-refractivity contribution is 6.30. The molecule has 1 aromatic carbocycles. The maximum atomic E-state index is 13.6. The molecule has 0 aliphatic rings. The largest absolute Gasteiger partial charge is 0.367 e. The molecular formula is C14H9ClFN3O. The molecule has 0 unspecified atom stereocenters. The van der Waals surface area contributed by atoms with E-state index < -0.39 is 5.82 Å². The first-order chi connectivity index (χ1) is 9.66. The minimum absolute atomic E-state index is 0.0459. The summed E-state index contributed by atoms with van der Waals surface area (Å²) in [5.41, 5.74) is 7.88. The number of pyridine rings is 1. The van der Waals surface area contributed by atoms with Gasteiger partial charge in [0.15, 0.2) is 0 Å². The van der Waals surface area contributed by atoms with Gasteiger partial charge < -0.3 is 10.3 Å². The molecule has 4 nitrogen and oxygen atoms in total. The highest BCUT2D eigenvalue weighted by Crippen LogP contribution is 2.35. The maximum Gasteiger partial charge on any atom is 0.232 e. The van der Waals surface area contributed by atoms with E-state index in [4.69, 9.17) is 21.9 Å². The number of nitrogen functional groups attached to an aromatic ring is 1. The van der Waals surface area contributed by atoms with E-state index in [1.54, 1.807) is 24.4 Å². The Morgan fingerprint density at radius 1 is 1.20 bits per heavy atom. The fourth-order valence-corrected chi connectivity index (χ4v) is 2.02. The third kappa shape index (κ3) is 2.12. The second kappa shape index (κ2) is 4.94. The lowest BCUT2D eigenvalue weighted by molar-refractivity contribution is 0.439. The quantitative estimate of drug-likeness (QED) is 0.780. The molecule has 0 amide bonds. The number of hydrogen-bond donors (Lipinski definition) is 1. The van der Waals surface area contributed by atoms with Crippen molar-refractivity contribution in [2.24, 2.45) is 0 Å². The number of rotatable bonds is 2.